The van der Waals surface area contributed by atoms with Crippen LogP contribution in [0.2, 0.25) is 15.1 Å². The fraction of sp³-hybridized carbons (Fsp3) is 0.250. The first-order chi connectivity index (χ1) is 17.8. The Morgan fingerprint density at radius 2 is 1.70 bits per heavy atom. The molecule has 1 aliphatic rings. The second kappa shape index (κ2) is 12.1. The summed E-state index contributed by atoms with van der Waals surface area (Å²) in [6, 6.07) is 17.3. The van der Waals surface area contributed by atoms with Crippen LogP contribution in [0.25, 0.3) is 11.1 Å². The summed E-state index contributed by atoms with van der Waals surface area (Å²) in [5.41, 5.74) is 2.33. The molecule has 0 spiro atoms. The maximum Gasteiger partial charge on any atom is 0.327 e. The number of carbonyl (C=O) groups is 3. The predicted molar refractivity (Wildman–Crippen MR) is 145 cm³/mol. The van der Waals surface area contributed by atoms with Crippen LogP contribution in [0.5, 0.6) is 0 Å². The molecule has 2 N–H and O–H groups in total. The molecule has 1 saturated heterocycles. The molecule has 37 heavy (non-hydrogen) atoms. The van der Waals surface area contributed by atoms with Gasteiger partial charge in [-0.25, -0.2) is 4.79 Å². The molecule has 3 aromatic carbocycles. The van der Waals surface area contributed by atoms with Crippen LogP contribution in [0.3, 0.4) is 0 Å². The third kappa shape index (κ3) is 6.33. The maximum atomic E-state index is 13.6. The van der Waals surface area contributed by atoms with Crippen molar-refractivity contribution in [1.29, 1.82) is 0 Å². The van der Waals surface area contributed by atoms with Crippen molar-refractivity contribution in [2.24, 2.45) is 5.92 Å². The summed E-state index contributed by atoms with van der Waals surface area (Å²) in [5, 5.41) is 14.5. The van der Waals surface area contributed by atoms with Crippen LogP contribution in [0.4, 0.5) is 0 Å². The molecule has 0 unspecified atom stereocenters. The van der Waals surface area contributed by atoms with Crippen LogP contribution in [-0.2, 0) is 16.0 Å². The van der Waals surface area contributed by atoms with Gasteiger partial charge in [0.1, 0.15) is 6.04 Å². The van der Waals surface area contributed by atoms with Gasteiger partial charge in [-0.1, -0.05) is 77.3 Å². The molecule has 0 saturated carbocycles. The lowest BCUT2D eigenvalue weighted by Gasteiger charge is -2.32. The van der Waals surface area contributed by atoms with Gasteiger partial charge in [0, 0.05) is 28.6 Å². The monoisotopic (exact) mass is 558 g/mol. The van der Waals surface area contributed by atoms with E-state index in [0.29, 0.717) is 28.6 Å². The van der Waals surface area contributed by atoms with Gasteiger partial charge in [-0.3, -0.25) is 14.5 Å². The zero-order chi connectivity index (χ0) is 26.5. The van der Waals surface area contributed by atoms with E-state index in [-0.39, 0.29) is 17.0 Å². The molecule has 0 aromatic heterocycles. The van der Waals surface area contributed by atoms with Gasteiger partial charge in [0.05, 0.1) is 16.5 Å². The number of carboxylic acids is 1. The van der Waals surface area contributed by atoms with Gasteiger partial charge < -0.3 is 10.4 Å². The Hall–Kier alpha value is -2.90. The van der Waals surface area contributed by atoms with Gasteiger partial charge in [-0.05, 0) is 54.8 Å². The molecule has 1 fully saturated rings. The van der Waals surface area contributed by atoms with Gasteiger partial charge in [0.15, 0.2) is 0 Å². The van der Waals surface area contributed by atoms with Crippen molar-refractivity contribution in [2.45, 2.75) is 25.3 Å². The summed E-state index contributed by atoms with van der Waals surface area (Å²) < 4.78 is 0. The van der Waals surface area contributed by atoms with Crippen molar-refractivity contribution in [3.05, 3.63) is 92.9 Å². The number of piperidine rings is 1. The number of nitrogens with one attached hydrogen (secondary N) is 1. The number of aliphatic carboxylic acids is 1. The fourth-order valence-corrected chi connectivity index (χ4v) is 5.21. The number of amides is 2. The molecule has 0 aliphatic carbocycles. The van der Waals surface area contributed by atoms with Crippen LogP contribution in [0.15, 0.2) is 66.7 Å². The van der Waals surface area contributed by atoms with Crippen LogP contribution in [0.1, 0.15) is 28.8 Å². The number of hydrogen-bond donors (Lipinski definition) is 2. The van der Waals surface area contributed by atoms with Gasteiger partial charge in [0.2, 0.25) is 5.91 Å². The molecular formula is C28H25Cl3N2O4. The van der Waals surface area contributed by atoms with Crippen molar-refractivity contribution in [3.63, 3.8) is 0 Å². The number of hydrogen-bond acceptors (Lipinski definition) is 4. The largest absolute Gasteiger partial charge is 0.480 e. The van der Waals surface area contributed by atoms with E-state index in [4.69, 9.17) is 34.8 Å². The molecule has 1 aliphatic heterocycles. The highest BCUT2D eigenvalue weighted by Gasteiger charge is 2.39. The van der Waals surface area contributed by atoms with E-state index in [2.05, 4.69) is 5.32 Å². The predicted octanol–water partition coefficient (Wildman–Crippen LogP) is 5.98. The molecule has 0 bridgehead atoms. The molecule has 4 rings (SSSR count). The highest BCUT2D eigenvalue weighted by Crippen LogP contribution is 2.31. The summed E-state index contributed by atoms with van der Waals surface area (Å²) in [5.74, 6) is -3.02. The lowest BCUT2D eigenvalue weighted by atomic mass is 9.95. The van der Waals surface area contributed by atoms with E-state index in [9.17, 15) is 19.5 Å². The van der Waals surface area contributed by atoms with Gasteiger partial charge in [-0.15, -0.1) is 0 Å². The molecule has 2 atom stereocenters. The molecule has 2 amide bonds. The van der Waals surface area contributed by atoms with Crippen LogP contribution < -0.4 is 5.32 Å². The first-order valence-corrected chi connectivity index (χ1v) is 13.0. The molecule has 1 heterocycles. The quantitative estimate of drug-likeness (QED) is 0.348. The second-order valence-corrected chi connectivity index (χ2v) is 10.2. The molecule has 9 heteroatoms. The van der Waals surface area contributed by atoms with Crippen molar-refractivity contribution < 1.29 is 19.5 Å². The minimum absolute atomic E-state index is 0.0634. The molecular weight excluding hydrogens is 535 g/mol. The minimum Gasteiger partial charge on any atom is -0.480 e. The summed E-state index contributed by atoms with van der Waals surface area (Å²) in [6.07, 6.45) is 1.27. The van der Waals surface area contributed by atoms with Crippen molar-refractivity contribution in [2.75, 3.05) is 13.1 Å². The lowest BCUT2D eigenvalue weighted by molar-refractivity contribution is -0.149. The van der Waals surface area contributed by atoms with Gasteiger partial charge in [0.25, 0.3) is 5.91 Å². The van der Waals surface area contributed by atoms with E-state index in [1.807, 2.05) is 12.1 Å². The number of carboxylic acid groups (broad SMARTS) is 1. The van der Waals surface area contributed by atoms with Crippen molar-refractivity contribution in [1.82, 2.24) is 10.2 Å². The second-order valence-electron chi connectivity index (χ2n) is 8.92. The Labute approximate surface area is 230 Å². The van der Waals surface area contributed by atoms with Gasteiger partial charge in [-0.2, -0.15) is 0 Å². The third-order valence-corrected chi connectivity index (χ3v) is 7.31. The topological polar surface area (TPSA) is 86.7 Å². The average Bonchev–Trinajstić information content (AvgIpc) is 2.89. The summed E-state index contributed by atoms with van der Waals surface area (Å²) in [4.78, 5) is 40.6. The Bertz CT molecular complexity index is 1310. The highest BCUT2D eigenvalue weighted by atomic mass is 35.5. The zero-order valence-corrected chi connectivity index (χ0v) is 22.1. The molecule has 3 aromatic rings. The summed E-state index contributed by atoms with van der Waals surface area (Å²) in [7, 11) is 0. The van der Waals surface area contributed by atoms with E-state index in [1.54, 1.807) is 42.5 Å². The van der Waals surface area contributed by atoms with E-state index >= 15 is 0 Å². The fourth-order valence-electron chi connectivity index (χ4n) is 4.48. The average molecular weight is 560 g/mol. The minimum atomic E-state index is -1.41. The number of imide groups is 1. The summed E-state index contributed by atoms with van der Waals surface area (Å²) in [6.45, 7) is 1.16. The Morgan fingerprint density at radius 3 is 2.32 bits per heavy atom. The number of benzene rings is 3. The number of rotatable bonds is 7. The zero-order valence-electron chi connectivity index (χ0n) is 19.8. The lowest BCUT2D eigenvalue weighted by Crippen LogP contribution is -2.53. The SMILES string of the molecule is O=C(O)[C@H](Cc1ccc(-c2ccc(Cl)cc2Cl)cc1)N(C(=O)c1ccccc1Cl)C(=O)[C@@H]1CCCNC1. The van der Waals surface area contributed by atoms with Crippen LogP contribution in [-0.4, -0.2) is 46.9 Å². The van der Waals surface area contributed by atoms with Crippen LogP contribution in [0, 0.1) is 5.92 Å². The van der Waals surface area contributed by atoms with Gasteiger partial charge >= 0.3 is 5.97 Å². The highest BCUT2D eigenvalue weighted by molar-refractivity contribution is 6.36. The summed E-state index contributed by atoms with van der Waals surface area (Å²) >= 11 is 18.6. The smallest absolute Gasteiger partial charge is 0.327 e. The van der Waals surface area contributed by atoms with E-state index in [0.717, 1.165) is 29.0 Å². The molecule has 192 valence electrons. The Kier molecular flexibility index (Phi) is 8.87. The Balaban J connectivity index is 1.66. The first kappa shape index (κ1) is 27.1. The van der Waals surface area contributed by atoms with E-state index in [1.165, 1.54) is 12.1 Å². The molecule has 6 nitrogen and oxygen atoms in total. The first-order valence-electron chi connectivity index (χ1n) is 11.9. The van der Waals surface area contributed by atoms with Crippen LogP contribution >= 0.6 is 34.8 Å². The van der Waals surface area contributed by atoms with Crippen molar-refractivity contribution >= 4 is 52.6 Å². The number of carbonyl (C=O) groups excluding carboxylic acids is 2. The molecule has 0 radical (unpaired) electrons. The van der Waals surface area contributed by atoms with E-state index < -0.39 is 29.7 Å². The third-order valence-electron chi connectivity index (χ3n) is 6.43. The maximum absolute atomic E-state index is 13.6. The van der Waals surface area contributed by atoms with Crippen molar-refractivity contribution in [3.8, 4) is 11.1 Å². The standard InChI is InChI=1S/C28H25Cl3N2O4/c29-20-11-12-21(24(31)15-20)18-9-7-17(8-10-18)14-25(28(36)37)33(26(34)19-4-3-13-32-16-19)27(35)22-5-1-2-6-23(22)30/h1-2,5-12,15,19,25,32H,3-4,13-14,16H2,(H,36,37)/t19-,25+/m1/s1. The number of halogens is 3. The number of nitrogens with zero attached hydrogens (tertiary/aromatic N) is 1. The normalized spacial score (nSPS) is 16.1. The Morgan fingerprint density at radius 1 is 0.973 bits per heavy atom.